The molecule has 2 bridgehead atoms. The molecule has 0 saturated carbocycles. The Morgan fingerprint density at radius 1 is 1.04 bits per heavy atom. The maximum atomic E-state index is 13.0. The minimum Gasteiger partial charge on any atom is -0.295 e. The molecule has 2 unspecified atom stereocenters. The van der Waals surface area contributed by atoms with Crippen molar-refractivity contribution in [2.75, 3.05) is 14.1 Å². The number of ketones is 2. The van der Waals surface area contributed by atoms with Crippen LogP contribution in [-0.2, 0) is 6.42 Å². The smallest absolute Gasteiger partial charge is 0.194 e. The first-order valence-electron chi connectivity index (χ1n) is 9.00. The summed E-state index contributed by atoms with van der Waals surface area (Å²) in [6.45, 7) is 2.22. The van der Waals surface area contributed by atoms with Gasteiger partial charge < -0.3 is 0 Å². The molecular weight excluding hydrogens is 324 g/mol. The Morgan fingerprint density at radius 3 is 2.27 bits per heavy atom. The summed E-state index contributed by atoms with van der Waals surface area (Å²) >= 11 is 0. The second-order valence-corrected chi connectivity index (χ2v) is 7.75. The molecule has 2 aliphatic heterocycles. The summed E-state index contributed by atoms with van der Waals surface area (Å²) in [4.78, 5) is 32.9. The van der Waals surface area contributed by atoms with Gasteiger partial charge in [0.05, 0.1) is 5.54 Å². The van der Waals surface area contributed by atoms with Crippen molar-refractivity contribution >= 4 is 17.3 Å². The molecule has 0 amide bonds. The van der Waals surface area contributed by atoms with Gasteiger partial charge >= 0.3 is 0 Å². The Bertz CT molecular complexity index is 1040. The van der Waals surface area contributed by atoms with E-state index in [2.05, 4.69) is 23.9 Å². The van der Waals surface area contributed by atoms with E-state index >= 15 is 0 Å². The molecule has 2 aromatic carbocycles. The Hall–Kier alpha value is -2.59. The van der Waals surface area contributed by atoms with Crippen LogP contribution in [0.3, 0.4) is 0 Å². The average Bonchev–Trinajstić information content (AvgIpc) is 2.82. The van der Waals surface area contributed by atoms with Gasteiger partial charge in [-0.15, -0.1) is 0 Å². The van der Waals surface area contributed by atoms with E-state index < -0.39 is 0 Å². The maximum absolute atomic E-state index is 13.0. The lowest BCUT2D eigenvalue weighted by molar-refractivity contribution is 0.0978. The highest BCUT2D eigenvalue weighted by atomic mass is 16.1. The van der Waals surface area contributed by atoms with Gasteiger partial charge in [0.1, 0.15) is 0 Å². The molecule has 1 aliphatic carbocycles. The Kier molecular flexibility index (Phi) is 3.00. The fourth-order valence-corrected chi connectivity index (χ4v) is 5.01. The number of nitrogens with zero attached hydrogens (tertiary/aromatic N) is 2. The van der Waals surface area contributed by atoms with E-state index in [0.717, 1.165) is 12.8 Å². The van der Waals surface area contributed by atoms with Crippen molar-refractivity contribution in [3.8, 4) is 0 Å². The molecule has 2 aromatic rings. The molecule has 0 spiro atoms. The lowest BCUT2D eigenvalue weighted by Crippen LogP contribution is -2.48. The monoisotopic (exact) mass is 344 g/mol. The number of hydrogen-bond donors (Lipinski definition) is 0. The highest BCUT2D eigenvalue weighted by Gasteiger charge is 2.50. The standard InChI is InChI=1S/C22H20N2O2/c1-22-11-12-8-16-17(9-15(12)18(24(22)3)10-19(22)23-2)21(26)14-7-5-4-6-13(14)20(16)25/h4-9,18H,10-11H2,1-3H3. The van der Waals surface area contributed by atoms with Gasteiger partial charge in [-0.3, -0.25) is 19.5 Å². The summed E-state index contributed by atoms with van der Waals surface area (Å²) in [5.41, 5.74) is 5.56. The van der Waals surface area contributed by atoms with Gasteiger partial charge in [0, 0.05) is 47.5 Å². The second kappa shape index (κ2) is 4.98. The Morgan fingerprint density at radius 2 is 1.65 bits per heavy atom. The lowest BCUT2D eigenvalue weighted by Gasteiger charge is -2.41. The third kappa shape index (κ3) is 1.75. The fourth-order valence-electron chi connectivity index (χ4n) is 5.01. The van der Waals surface area contributed by atoms with E-state index in [9.17, 15) is 9.59 Å². The quantitative estimate of drug-likeness (QED) is 0.629. The normalized spacial score (nSPS) is 28.1. The van der Waals surface area contributed by atoms with Crippen molar-refractivity contribution < 1.29 is 9.59 Å². The van der Waals surface area contributed by atoms with Gasteiger partial charge in [-0.2, -0.15) is 0 Å². The van der Waals surface area contributed by atoms with Crippen LogP contribution >= 0.6 is 0 Å². The molecule has 130 valence electrons. The van der Waals surface area contributed by atoms with E-state index in [1.807, 2.05) is 31.3 Å². The van der Waals surface area contributed by atoms with Crippen molar-refractivity contribution in [2.24, 2.45) is 4.99 Å². The molecular formula is C22H20N2O2. The molecule has 2 atom stereocenters. The van der Waals surface area contributed by atoms with Gasteiger partial charge in [0.2, 0.25) is 0 Å². The zero-order valence-electron chi connectivity index (χ0n) is 15.2. The zero-order valence-corrected chi connectivity index (χ0v) is 15.2. The van der Waals surface area contributed by atoms with Crippen molar-refractivity contribution in [1.82, 2.24) is 4.90 Å². The number of carbonyl (C=O) groups excluding carboxylic acids is 2. The number of likely N-dealkylation sites (N-methyl/N-ethyl adjacent to an activating group) is 1. The minimum atomic E-state index is -0.111. The highest BCUT2D eigenvalue weighted by Crippen LogP contribution is 2.48. The van der Waals surface area contributed by atoms with Crippen LogP contribution in [0.15, 0.2) is 41.4 Å². The van der Waals surface area contributed by atoms with E-state index in [4.69, 9.17) is 0 Å². The predicted molar refractivity (Wildman–Crippen MR) is 100 cm³/mol. The van der Waals surface area contributed by atoms with Gasteiger partial charge in [0.25, 0.3) is 0 Å². The first-order chi connectivity index (χ1) is 12.5. The zero-order chi connectivity index (χ0) is 18.2. The van der Waals surface area contributed by atoms with E-state index in [0.29, 0.717) is 22.3 Å². The third-order valence-corrected chi connectivity index (χ3v) is 6.60. The Labute approximate surface area is 152 Å². The average molecular weight is 344 g/mol. The largest absolute Gasteiger partial charge is 0.295 e. The molecule has 5 rings (SSSR count). The third-order valence-electron chi connectivity index (χ3n) is 6.60. The molecule has 2 heterocycles. The van der Waals surface area contributed by atoms with Crippen molar-refractivity contribution in [1.29, 1.82) is 0 Å². The summed E-state index contributed by atoms with van der Waals surface area (Å²) in [7, 11) is 3.99. The fraction of sp³-hybridized carbons (Fsp3) is 0.318. The highest BCUT2D eigenvalue weighted by molar-refractivity contribution is 6.28. The Balaban J connectivity index is 1.73. The number of rotatable bonds is 0. The molecule has 1 fully saturated rings. The van der Waals surface area contributed by atoms with Crippen LogP contribution in [0.1, 0.15) is 62.4 Å². The molecule has 4 nitrogen and oxygen atoms in total. The van der Waals surface area contributed by atoms with Gasteiger partial charge in [-0.25, -0.2) is 0 Å². The van der Waals surface area contributed by atoms with Crippen LogP contribution in [0.5, 0.6) is 0 Å². The van der Waals surface area contributed by atoms with Crippen LogP contribution < -0.4 is 0 Å². The van der Waals surface area contributed by atoms with Crippen LogP contribution in [0.25, 0.3) is 0 Å². The summed E-state index contributed by atoms with van der Waals surface area (Å²) in [6.07, 6.45) is 1.70. The second-order valence-electron chi connectivity index (χ2n) is 7.75. The molecule has 1 saturated heterocycles. The van der Waals surface area contributed by atoms with E-state index in [1.54, 1.807) is 12.1 Å². The molecule has 0 radical (unpaired) electrons. The minimum absolute atomic E-state index is 0.0428. The van der Waals surface area contributed by atoms with Crippen LogP contribution in [0.2, 0.25) is 0 Å². The lowest BCUT2D eigenvalue weighted by atomic mass is 9.78. The number of benzene rings is 2. The first kappa shape index (κ1) is 15.6. The number of aliphatic imine (C=N–C) groups is 1. The summed E-state index contributed by atoms with van der Waals surface area (Å²) in [5.74, 6) is -0.0878. The topological polar surface area (TPSA) is 49.7 Å². The van der Waals surface area contributed by atoms with Gasteiger partial charge in [0.15, 0.2) is 11.6 Å². The molecule has 0 aromatic heterocycles. The summed E-state index contributed by atoms with van der Waals surface area (Å²) in [5, 5.41) is 0. The van der Waals surface area contributed by atoms with Crippen LogP contribution in [-0.4, -0.2) is 41.8 Å². The summed E-state index contributed by atoms with van der Waals surface area (Å²) in [6, 6.07) is 11.3. The molecule has 3 aliphatic rings. The SMILES string of the molecule is CN=C1CC2c3cc4c(cc3CC1(C)N2C)C(=O)c1ccccc1C4=O. The number of fused-ring (bicyclic) bond motifs is 6. The van der Waals surface area contributed by atoms with E-state index in [-0.39, 0.29) is 23.1 Å². The maximum Gasteiger partial charge on any atom is 0.194 e. The molecule has 26 heavy (non-hydrogen) atoms. The molecule has 0 N–H and O–H groups in total. The first-order valence-corrected chi connectivity index (χ1v) is 9.00. The number of hydrogen-bond acceptors (Lipinski definition) is 4. The van der Waals surface area contributed by atoms with E-state index in [1.165, 1.54) is 16.8 Å². The number of carbonyl (C=O) groups is 2. The van der Waals surface area contributed by atoms with Crippen LogP contribution in [0.4, 0.5) is 0 Å². The van der Waals surface area contributed by atoms with Gasteiger partial charge in [-0.05, 0) is 43.7 Å². The molecule has 4 heteroatoms. The van der Waals surface area contributed by atoms with Gasteiger partial charge in [-0.1, -0.05) is 24.3 Å². The predicted octanol–water partition coefficient (Wildman–Crippen LogP) is 3.22. The summed E-state index contributed by atoms with van der Waals surface area (Å²) < 4.78 is 0. The van der Waals surface area contributed by atoms with Crippen molar-refractivity contribution in [2.45, 2.75) is 31.3 Å². The van der Waals surface area contributed by atoms with Crippen molar-refractivity contribution in [3.05, 3.63) is 69.8 Å². The van der Waals surface area contributed by atoms with Crippen molar-refractivity contribution in [3.63, 3.8) is 0 Å². The van der Waals surface area contributed by atoms with Crippen LogP contribution in [0, 0.1) is 0 Å².